The van der Waals surface area contributed by atoms with Crippen molar-refractivity contribution in [3.8, 4) is 5.75 Å². The van der Waals surface area contributed by atoms with Crippen LogP contribution in [0.2, 0.25) is 0 Å². The van der Waals surface area contributed by atoms with E-state index in [1.807, 2.05) is 25.1 Å². The van der Waals surface area contributed by atoms with Gasteiger partial charge in [0.1, 0.15) is 5.75 Å². The predicted molar refractivity (Wildman–Crippen MR) is 84.2 cm³/mol. The van der Waals surface area contributed by atoms with E-state index in [0.29, 0.717) is 11.7 Å². The zero-order chi connectivity index (χ0) is 15.5. The Morgan fingerprint density at radius 1 is 1.18 bits per heavy atom. The highest BCUT2D eigenvalue weighted by atomic mass is 16.5. The predicted octanol–water partition coefficient (Wildman–Crippen LogP) is 2.27. The fourth-order valence-electron chi connectivity index (χ4n) is 2.88. The monoisotopic (exact) mass is 302 g/mol. The molecule has 1 atom stereocenters. The zero-order valence-corrected chi connectivity index (χ0v) is 13.3. The Morgan fingerprint density at radius 3 is 2.55 bits per heavy atom. The zero-order valence-electron chi connectivity index (χ0n) is 13.3. The molecule has 6 heteroatoms. The Kier molecular flexibility index (Phi) is 4.29. The topological polar surface area (TPSA) is 54.6 Å². The van der Waals surface area contributed by atoms with Gasteiger partial charge in [0.15, 0.2) is 5.82 Å². The minimum absolute atomic E-state index is 0.154. The highest BCUT2D eigenvalue weighted by molar-refractivity contribution is 5.58. The number of aromatic nitrogens is 2. The summed E-state index contributed by atoms with van der Waals surface area (Å²) in [6, 6.07) is 8.32. The highest BCUT2D eigenvalue weighted by Gasteiger charge is 2.26. The summed E-state index contributed by atoms with van der Waals surface area (Å²) >= 11 is 0. The van der Waals surface area contributed by atoms with E-state index in [1.165, 1.54) is 0 Å². The normalized spacial score (nSPS) is 17.5. The van der Waals surface area contributed by atoms with Crippen molar-refractivity contribution in [2.75, 3.05) is 38.2 Å². The smallest absolute Gasteiger partial charge is 0.243 e. The van der Waals surface area contributed by atoms with Crippen LogP contribution in [-0.2, 0) is 0 Å². The number of hydrogen-bond donors (Lipinski definition) is 0. The van der Waals surface area contributed by atoms with Gasteiger partial charge in [-0.2, -0.15) is 4.98 Å². The summed E-state index contributed by atoms with van der Waals surface area (Å²) < 4.78 is 10.7. The molecular weight excluding hydrogens is 280 g/mol. The van der Waals surface area contributed by atoms with Gasteiger partial charge in [0, 0.05) is 26.2 Å². The van der Waals surface area contributed by atoms with Crippen molar-refractivity contribution in [3.63, 3.8) is 0 Å². The first kappa shape index (κ1) is 14.8. The molecule has 0 bridgehead atoms. The third kappa shape index (κ3) is 2.92. The Hall–Kier alpha value is -2.08. The third-order valence-electron chi connectivity index (χ3n) is 4.19. The van der Waals surface area contributed by atoms with E-state index >= 15 is 0 Å². The Balaban J connectivity index is 1.65. The van der Waals surface area contributed by atoms with Crippen LogP contribution in [0.25, 0.3) is 0 Å². The van der Waals surface area contributed by atoms with E-state index in [-0.39, 0.29) is 6.04 Å². The first-order valence-corrected chi connectivity index (χ1v) is 7.61. The number of rotatable bonds is 4. The van der Waals surface area contributed by atoms with Crippen LogP contribution in [0.5, 0.6) is 5.75 Å². The van der Waals surface area contributed by atoms with E-state index in [1.54, 1.807) is 7.11 Å². The molecule has 2 aromatic rings. The van der Waals surface area contributed by atoms with Crippen LogP contribution in [0.15, 0.2) is 28.8 Å². The minimum Gasteiger partial charge on any atom is -0.495 e. The molecule has 1 fully saturated rings. The summed E-state index contributed by atoms with van der Waals surface area (Å²) in [4.78, 5) is 9.07. The largest absolute Gasteiger partial charge is 0.495 e. The lowest BCUT2D eigenvalue weighted by Gasteiger charge is -2.38. The Bertz CT molecular complexity index is 620. The average Bonchev–Trinajstić information content (AvgIpc) is 3.01. The van der Waals surface area contributed by atoms with Gasteiger partial charge in [-0.05, 0) is 26.0 Å². The lowest BCUT2D eigenvalue weighted by atomic mass is 10.2. The van der Waals surface area contributed by atoms with Gasteiger partial charge >= 0.3 is 0 Å². The molecule has 0 unspecified atom stereocenters. The van der Waals surface area contributed by atoms with E-state index in [9.17, 15) is 0 Å². The quantitative estimate of drug-likeness (QED) is 0.863. The Labute approximate surface area is 130 Å². The molecule has 1 aromatic heterocycles. The molecule has 0 saturated carbocycles. The van der Waals surface area contributed by atoms with Crippen LogP contribution in [0.1, 0.15) is 24.7 Å². The summed E-state index contributed by atoms with van der Waals surface area (Å²) in [6.07, 6.45) is 0. The molecule has 3 rings (SSSR count). The summed E-state index contributed by atoms with van der Waals surface area (Å²) in [5, 5.41) is 3.88. The van der Waals surface area contributed by atoms with Gasteiger partial charge in [0.25, 0.3) is 0 Å². The number of benzene rings is 1. The van der Waals surface area contributed by atoms with Gasteiger partial charge in [-0.15, -0.1) is 0 Å². The van der Waals surface area contributed by atoms with Crippen molar-refractivity contribution in [1.29, 1.82) is 0 Å². The number of nitrogens with zero attached hydrogens (tertiary/aromatic N) is 4. The molecule has 0 radical (unpaired) electrons. The van der Waals surface area contributed by atoms with Crippen LogP contribution in [-0.4, -0.2) is 48.3 Å². The molecule has 0 N–H and O–H groups in total. The number of para-hydroxylation sites is 2. The standard InChI is InChI=1S/C16H22N4O2/c1-12(16-17-13(2)18-22-16)19-8-10-20(11-9-19)14-6-4-5-7-15(14)21-3/h4-7,12H,8-11H2,1-3H3/t12-/m1/s1. The number of methoxy groups -OCH3 is 1. The molecule has 22 heavy (non-hydrogen) atoms. The van der Waals surface area contributed by atoms with Crippen LogP contribution >= 0.6 is 0 Å². The molecule has 0 amide bonds. The second-order valence-corrected chi connectivity index (χ2v) is 5.55. The maximum Gasteiger partial charge on any atom is 0.243 e. The van der Waals surface area contributed by atoms with Gasteiger partial charge < -0.3 is 14.2 Å². The van der Waals surface area contributed by atoms with E-state index in [4.69, 9.17) is 9.26 Å². The van der Waals surface area contributed by atoms with Crippen molar-refractivity contribution >= 4 is 5.69 Å². The fourth-order valence-corrected chi connectivity index (χ4v) is 2.88. The molecule has 118 valence electrons. The summed E-state index contributed by atoms with van der Waals surface area (Å²) in [5.74, 6) is 2.31. The number of anilines is 1. The van der Waals surface area contributed by atoms with E-state index in [0.717, 1.165) is 37.6 Å². The van der Waals surface area contributed by atoms with E-state index in [2.05, 4.69) is 32.9 Å². The summed E-state index contributed by atoms with van der Waals surface area (Å²) in [6.45, 7) is 7.79. The molecular formula is C16H22N4O2. The minimum atomic E-state index is 0.154. The molecule has 1 aliphatic heterocycles. The molecule has 0 aliphatic carbocycles. The second-order valence-electron chi connectivity index (χ2n) is 5.55. The van der Waals surface area contributed by atoms with Crippen LogP contribution in [0, 0.1) is 6.92 Å². The Morgan fingerprint density at radius 2 is 1.91 bits per heavy atom. The summed E-state index contributed by atoms with van der Waals surface area (Å²) in [7, 11) is 1.72. The first-order valence-electron chi connectivity index (χ1n) is 7.61. The van der Waals surface area contributed by atoms with Gasteiger partial charge in [-0.3, -0.25) is 4.90 Å². The van der Waals surface area contributed by atoms with E-state index < -0.39 is 0 Å². The lowest BCUT2D eigenvalue weighted by Crippen LogP contribution is -2.47. The van der Waals surface area contributed by atoms with Crippen LogP contribution in [0.4, 0.5) is 5.69 Å². The van der Waals surface area contributed by atoms with Crippen molar-refractivity contribution < 1.29 is 9.26 Å². The molecule has 1 aromatic carbocycles. The highest BCUT2D eigenvalue weighted by Crippen LogP contribution is 2.29. The first-order chi connectivity index (χ1) is 10.7. The number of aryl methyl sites for hydroxylation is 1. The van der Waals surface area contributed by atoms with Crippen molar-refractivity contribution in [1.82, 2.24) is 15.0 Å². The van der Waals surface area contributed by atoms with Gasteiger partial charge in [-0.25, -0.2) is 0 Å². The van der Waals surface area contributed by atoms with Gasteiger partial charge in [-0.1, -0.05) is 17.3 Å². The molecule has 1 aliphatic rings. The van der Waals surface area contributed by atoms with Crippen molar-refractivity contribution in [3.05, 3.63) is 36.0 Å². The maximum atomic E-state index is 5.46. The van der Waals surface area contributed by atoms with Crippen molar-refractivity contribution in [2.24, 2.45) is 0 Å². The molecule has 2 heterocycles. The maximum absolute atomic E-state index is 5.46. The van der Waals surface area contributed by atoms with Crippen LogP contribution < -0.4 is 9.64 Å². The average molecular weight is 302 g/mol. The molecule has 0 spiro atoms. The second kappa shape index (κ2) is 6.36. The molecule has 1 saturated heterocycles. The number of ether oxygens (including phenoxy) is 1. The number of piperazine rings is 1. The lowest BCUT2D eigenvalue weighted by molar-refractivity contribution is 0.164. The van der Waals surface area contributed by atoms with Crippen molar-refractivity contribution in [2.45, 2.75) is 19.9 Å². The number of hydrogen-bond acceptors (Lipinski definition) is 6. The fraction of sp³-hybridized carbons (Fsp3) is 0.500. The molecule has 6 nitrogen and oxygen atoms in total. The van der Waals surface area contributed by atoms with Crippen LogP contribution in [0.3, 0.4) is 0 Å². The van der Waals surface area contributed by atoms with Gasteiger partial charge in [0.05, 0.1) is 18.8 Å². The SMILES string of the molecule is COc1ccccc1N1CCN([C@H](C)c2nc(C)no2)CC1. The third-order valence-corrected chi connectivity index (χ3v) is 4.19. The van der Waals surface area contributed by atoms with Gasteiger partial charge in [0.2, 0.25) is 5.89 Å². The summed E-state index contributed by atoms with van der Waals surface area (Å²) in [5.41, 5.74) is 1.16.